The lowest BCUT2D eigenvalue weighted by Crippen LogP contribution is -2.48. The number of allylic oxidation sites excluding steroid dienone is 2. The molecular weight excluding hydrogens is 368 g/mol. The number of nitrogens with one attached hydrogen (secondary N) is 2. The van der Waals surface area contributed by atoms with Crippen molar-refractivity contribution in [2.24, 2.45) is 11.8 Å². The molecule has 6 nitrogen and oxygen atoms in total. The maximum atomic E-state index is 13.0. The molecule has 0 aromatic heterocycles. The van der Waals surface area contributed by atoms with Crippen LogP contribution in [0.5, 0.6) is 5.75 Å². The van der Waals surface area contributed by atoms with Crippen LogP contribution in [0.1, 0.15) is 24.3 Å². The zero-order chi connectivity index (χ0) is 20.4. The van der Waals surface area contributed by atoms with Crippen molar-refractivity contribution in [3.8, 4) is 5.75 Å². The Kier molecular flexibility index (Phi) is 5.16. The maximum Gasteiger partial charge on any atom is 0.229 e. The molecule has 2 aromatic rings. The molecule has 3 atom stereocenters. The Labute approximate surface area is 168 Å². The number of ketones is 1. The first-order valence-electron chi connectivity index (χ1n) is 9.59. The lowest BCUT2D eigenvalue weighted by Gasteiger charge is -2.36. The summed E-state index contributed by atoms with van der Waals surface area (Å²) in [5, 5.41) is 5.64. The Balaban J connectivity index is 1.59. The van der Waals surface area contributed by atoms with E-state index in [1.165, 1.54) is 0 Å². The molecule has 0 unspecified atom stereocenters. The number of Topliss-reactive ketones (excluding diaryl/α,β-unsaturated/α-hetero) is 1. The first kappa shape index (κ1) is 18.9. The molecule has 4 rings (SSSR count). The van der Waals surface area contributed by atoms with Crippen molar-refractivity contribution in [1.82, 2.24) is 5.32 Å². The number of piperidine rings is 1. The van der Waals surface area contributed by atoms with Crippen LogP contribution in [0.4, 0.5) is 5.69 Å². The summed E-state index contributed by atoms with van der Waals surface area (Å²) in [4.78, 5) is 38.2. The molecule has 2 N–H and O–H groups in total. The average Bonchev–Trinajstić information content (AvgIpc) is 2.73. The molecule has 6 heteroatoms. The molecule has 29 heavy (non-hydrogen) atoms. The zero-order valence-electron chi connectivity index (χ0n) is 16.1. The fourth-order valence-corrected chi connectivity index (χ4v) is 4.08. The monoisotopic (exact) mass is 390 g/mol. The number of rotatable bonds is 4. The molecule has 0 saturated carbocycles. The number of ether oxygens (including phenoxy) is 1. The predicted octanol–water partition coefficient (Wildman–Crippen LogP) is 3.03. The molecule has 1 aliphatic heterocycles. The van der Waals surface area contributed by atoms with Crippen LogP contribution in [0.25, 0.3) is 0 Å². The molecule has 2 aromatic carbocycles. The SMILES string of the molecule is COc1cccc(NC(=O)[C@@H]2CC(=O)NC3=C[C@@H](c4ccccc4)CC(=O)[C@@H]32)c1. The number of amides is 2. The van der Waals surface area contributed by atoms with Crippen molar-refractivity contribution in [2.75, 3.05) is 12.4 Å². The number of hydrogen-bond donors (Lipinski definition) is 2. The second-order valence-electron chi connectivity index (χ2n) is 7.37. The van der Waals surface area contributed by atoms with Crippen LogP contribution in [-0.2, 0) is 14.4 Å². The highest BCUT2D eigenvalue weighted by atomic mass is 16.5. The van der Waals surface area contributed by atoms with E-state index < -0.39 is 11.8 Å². The van der Waals surface area contributed by atoms with E-state index in [1.807, 2.05) is 36.4 Å². The smallest absolute Gasteiger partial charge is 0.229 e. The van der Waals surface area contributed by atoms with E-state index >= 15 is 0 Å². The topological polar surface area (TPSA) is 84.5 Å². The summed E-state index contributed by atoms with van der Waals surface area (Å²) in [5.41, 5.74) is 2.12. The van der Waals surface area contributed by atoms with Gasteiger partial charge in [-0.2, -0.15) is 0 Å². The van der Waals surface area contributed by atoms with E-state index in [1.54, 1.807) is 31.4 Å². The van der Waals surface area contributed by atoms with Crippen molar-refractivity contribution in [3.05, 3.63) is 71.9 Å². The van der Waals surface area contributed by atoms with Crippen LogP contribution < -0.4 is 15.4 Å². The fraction of sp³-hybridized carbons (Fsp3) is 0.261. The number of hydrogen-bond acceptors (Lipinski definition) is 4. The van der Waals surface area contributed by atoms with Crippen LogP contribution in [0.3, 0.4) is 0 Å². The highest BCUT2D eigenvalue weighted by molar-refractivity contribution is 6.02. The second-order valence-corrected chi connectivity index (χ2v) is 7.37. The van der Waals surface area contributed by atoms with Crippen molar-refractivity contribution in [1.29, 1.82) is 0 Å². The Morgan fingerprint density at radius 2 is 1.86 bits per heavy atom. The van der Waals surface area contributed by atoms with Gasteiger partial charge in [-0.15, -0.1) is 0 Å². The van der Waals surface area contributed by atoms with Gasteiger partial charge in [0.05, 0.1) is 18.9 Å². The number of methoxy groups -OCH3 is 1. The van der Waals surface area contributed by atoms with Crippen molar-refractivity contribution in [3.63, 3.8) is 0 Å². The summed E-state index contributed by atoms with van der Waals surface area (Å²) in [6.07, 6.45) is 2.22. The largest absolute Gasteiger partial charge is 0.497 e. The van der Waals surface area contributed by atoms with Crippen LogP contribution >= 0.6 is 0 Å². The predicted molar refractivity (Wildman–Crippen MR) is 108 cm³/mol. The van der Waals surface area contributed by atoms with Gasteiger partial charge < -0.3 is 15.4 Å². The summed E-state index contributed by atoms with van der Waals surface area (Å²) < 4.78 is 5.18. The van der Waals surface area contributed by atoms with E-state index in [0.29, 0.717) is 23.6 Å². The molecule has 0 spiro atoms. The summed E-state index contributed by atoms with van der Waals surface area (Å²) in [7, 11) is 1.55. The molecule has 0 bridgehead atoms. The average molecular weight is 390 g/mol. The molecule has 1 saturated heterocycles. The highest BCUT2D eigenvalue weighted by Crippen LogP contribution is 2.38. The molecule has 2 amide bonds. The lowest BCUT2D eigenvalue weighted by molar-refractivity contribution is -0.136. The van der Waals surface area contributed by atoms with Crippen LogP contribution in [0.15, 0.2) is 66.4 Å². The van der Waals surface area contributed by atoms with Gasteiger partial charge in [0.2, 0.25) is 11.8 Å². The zero-order valence-corrected chi connectivity index (χ0v) is 16.1. The van der Waals surface area contributed by atoms with Gasteiger partial charge in [0, 0.05) is 36.2 Å². The highest BCUT2D eigenvalue weighted by Gasteiger charge is 2.44. The Hall–Kier alpha value is -3.41. The van der Waals surface area contributed by atoms with Gasteiger partial charge >= 0.3 is 0 Å². The van der Waals surface area contributed by atoms with Gasteiger partial charge in [0.25, 0.3) is 0 Å². The quantitative estimate of drug-likeness (QED) is 0.841. The molecular formula is C23H22N2O4. The van der Waals surface area contributed by atoms with Crippen molar-refractivity contribution >= 4 is 23.3 Å². The number of benzene rings is 2. The van der Waals surface area contributed by atoms with Gasteiger partial charge in [0.1, 0.15) is 11.5 Å². The minimum absolute atomic E-state index is 0.0143. The second kappa shape index (κ2) is 7.91. The molecule has 2 aliphatic rings. The molecule has 1 fully saturated rings. The van der Waals surface area contributed by atoms with Crippen LogP contribution in [0, 0.1) is 11.8 Å². The maximum absolute atomic E-state index is 13.0. The van der Waals surface area contributed by atoms with E-state index in [0.717, 1.165) is 5.56 Å². The number of fused-ring (bicyclic) bond motifs is 1. The summed E-state index contributed by atoms with van der Waals surface area (Å²) in [5.74, 6) is -1.46. The molecule has 148 valence electrons. The summed E-state index contributed by atoms with van der Waals surface area (Å²) in [6.45, 7) is 0. The van der Waals surface area contributed by atoms with Crippen molar-refractivity contribution in [2.45, 2.75) is 18.8 Å². The third-order valence-electron chi connectivity index (χ3n) is 5.48. The van der Waals surface area contributed by atoms with Crippen LogP contribution in [-0.4, -0.2) is 24.7 Å². The number of carbonyl (C=O) groups is 3. The van der Waals surface area contributed by atoms with E-state index in [-0.39, 0.29) is 29.9 Å². The minimum Gasteiger partial charge on any atom is -0.497 e. The van der Waals surface area contributed by atoms with Gasteiger partial charge in [-0.3, -0.25) is 14.4 Å². The van der Waals surface area contributed by atoms with Gasteiger partial charge in [0.15, 0.2) is 0 Å². The summed E-state index contributed by atoms with van der Waals surface area (Å²) in [6, 6.07) is 16.7. The molecule has 1 aliphatic carbocycles. The van der Waals surface area contributed by atoms with Crippen LogP contribution in [0.2, 0.25) is 0 Å². The minimum atomic E-state index is -0.731. The van der Waals surface area contributed by atoms with Gasteiger partial charge in [-0.25, -0.2) is 0 Å². The fourth-order valence-electron chi connectivity index (χ4n) is 4.08. The first-order chi connectivity index (χ1) is 14.0. The summed E-state index contributed by atoms with van der Waals surface area (Å²) >= 11 is 0. The number of carbonyl (C=O) groups excluding carboxylic acids is 3. The van der Waals surface area contributed by atoms with E-state index in [2.05, 4.69) is 10.6 Å². The molecule has 0 radical (unpaired) electrons. The third kappa shape index (κ3) is 3.92. The third-order valence-corrected chi connectivity index (χ3v) is 5.48. The van der Waals surface area contributed by atoms with Gasteiger partial charge in [-0.05, 0) is 17.7 Å². The normalized spacial score (nSPS) is 23.5. The lowest BCUT2D eigenvalue weighted by atomic mass is 9.72. The Morgan fingerprint density at radius 1 is 1.07 bits per heavy atom. The number of anilines is 1. The standard InChI is InChI=1S/C23H22N2O4/c1-29-17-9-5-8-16(12-17)24-23(28)18-13-21(27)25-19-10-15(11-20(26)22(18)19)14-6-3-2-4-7-14/h2-10,12,15,18,22H,11,13H2,1H3,(H,24,28)(H,25,27)/t15-,18-,22-/m1/s1. The Bertz CT molecular complexity index is 983. The first-order valence-corrected chi connectivity index (χ1v) is 9.59. The van der Waals surface area contributed by atoms with Crippen molar-refractivity contribution < 1.29 is 19.1 Å². The van der Waals surface area contributed by atoms with Gasteiger partial charge in [-0.1, -0.05) is 42.5 Å². The van der Waals surface area contributed by atoms with E-state index in [4.69, 9.17) is 4.74 Å². The molecule has 1 heterocycles. The van der Waals surface area contributed by atoms with E-state index in [9.17, 15) is 14.4 Å². The Morgan fingerprint density at radius 3 is 2.62 bits per heavy atom.